The molecule has 2 fully saturated rings. The Kier molecular flexibility index (Phi) is 6.72. The molecule has 2 aliphatic rings. The average Bonchev–Trinajstić information content (AvgIpc) is 3.19. The van der Waals surface area contributed by atoms with Crippen LogP contribution >= 0.6 is 12.4 Å². The lowest BCUT2D eigenvalue weighted by atomic mass is 9.98. The first kappa shape index (κ1) is 21.2. The van der Waals surface area contributed by atoms with E-state index in [9.17, 15) is 8.42 Å². The van der Waals surface area contributed by atoms with Crippen LogP contribution in [-0.2, 0) is 10.0 Å². The number of hydrogen-bond acceptors (Lipinski definition) is 7. The Hall–Kier alpha value is -1.52. The zero-order valence-electron chi connectivity index (χ0n) is 15.8. The first-order valence-corrected chi connectivity index (χ1v) is 10.8. The number of likely N-dealkylation sites (N-methyl/N-ethyl adjacent to an activating group) is 1. The summed E-state index contributed by atoms with van der Waals surface area (Å²) in [5.74, 6) is 1.44. The van der Waals surface area contributed by atoms with Gasteiger partial charge in [-0.05, 0) is 32.0 Å². The molecule has 1 aromatic carbocycles. The summed E-state index contributed by atoms with van der Waals surface area (Å²) in [6, 6.07) is 8.71. The minimum absolute atomic E-state index is 0. The van der Waals surface area contributed by atoms with Crippen LogP contribution in [0.1, 0.15) is 36.5 Å². The van der Waals surface area contributed by atoms with E-state index in [1.807, 2.05) is 6.07 Å². The van der Waals surface area contributed by atoms with Gasteiger partial charge in [-0.25, -0.2) is 8.42 Å². The number of aromatic nitrogens is 2. The fraction of sp³-hybridized carbons (Fsp3) is 0.556. The summed E-state index contributed by atoms with van der Waals surface area (Å²) in [7, 11) is -1.37. The lowest BCUT2D eigenvalue weighted by molar-refractivity contribution is 0.190. The van der Waals surface area contributed by atoms with Crippen LogP contribution in [0, 0.1) is 0 Å². The second-order valence-corrected chi connectivity index (χ2v) is 9.12. The van der Waals surface area contributed by atoms with Crippen molar-refractivity contribution in [3.05, 3.63) is 42.0 Å². The van der Waals surface area contributed by atoms with Crippen LogP contribution in [0.5, 0.6) is 0 Å². The van der Waals surface area contributed by atoms with Gasteiger partial charge < -0.3 is 9.84 Å². The van der Waals surface area contributed by atoms with Crippen molar-refractivity contribution in [1.29, 1.82) is 0 Å². The summed E-state index contributed by atoms with van der Waals surface area (Å²) < 4.78 is 32.6. The third-order valence-electron chi connectivity index (χ3n) is 5.45. The summed E-state index contributed by atoms with van der Waals surface area (Å²) in [6.07, 6.45) is 1.37. The zero-order valence-corrected chi connectivity index (χ0v) is 17.5. The summed E-state index contributed by atoms with van der Waals surface area (Å²) >= 11 is 0. The van der Waals surface area contributed by atoms with Crippen molar-refractivity contribution < 1.29 is 12.9 Å². The number of benzene rings is 1. The second kappa shape index (κ2) is 8.87. The van der Waals surface area contributed by atoms with Crippen LogP contribution in [-0.4, -0.2) is 67.5 Å². The minimum Gasteiger partial charge on any atom is -0.339 e. The van der Waals surface area contributed by atoms with Crippen molar-refractivity contribution in [3.8, 4) is 0 Å². The second-order valence-electron chi connectivity index (χ2n) is 7.18. The highest BCUT2D eigenvalue weighted by molar-refractivity contribution is 7.89. The van der Waals surface area contributed by atoms with Gasteiger partial charge in [-0.2, -0.15) is 9.29 Å². The van der Waals surface area contributed by atoms with Gasteiger partial charge in [0.05, 0.1) is 10.9 Å². The first-order chi connectivity index (χ1) is 13.1. The van der Waals surface area contributed by atoms with E-state index in [2.05, 4.69) is 27.4 Å². The summed E-state index contributed by atoms with van der Waals surface area (Å²) in [6.45, 7) is 3.65. The molecule has 8 nitrogen and oxygen atoms in total. The summed E-state index contributed by atoms with van der Waals surface area (Å²) in [4.78, 5) is 7.19. The number of sulfonamides is 1. The molecule has 0 aliphatic carbocycles. The number of nitrogens with zero attached hydrogens (tertiary/aromatic N) is 4. The lowest BCUT2D eigenvalue weighted by Gasteiger charge is -2.30. The Morgan fingerprint density at radius 2 is 1.86 bits per heavy atom. The molecule has 1 aromatic heterocycles. The van der Waals surface area contributed by atoms with E-state index in [-0.39, 0.29) is 24.4 Å². The smallest absolute Gasteiger partial charge is 0.243 e. The van der Waals surface area contributed by atoms with Gasteiger partial charge in [0, 0.05) is 38.6 Å². The maximum atomic E-state index is 12.7. The number of piperazine rings is 1. The van der Waals surface area contributed by atoms with Crippen LogP contribution in [0.3, 0.4) is 0 Å². The Morgan fingerprint density at radius 3 is 2.54 bits per heavy atom. The molecule has 2 saturated heterocycles. The molecule has 0 bridgehead atoms. The molecule has 4 rings (SSSR count). The Morgan fingerprint density at radius 1 is 1.14 bits per heavy atom. The average molecular weight is 428 g/mol. The Labute approximate surface area is 171 Å². The molecule has 2 aromatic rings. The van der Waals surface area contributed by atoms with E-state index >= 15 is 0 Å². The molecule has 1 atom stereocenters. The molecule has 3 heterocycles. The zero-order chi connectivity index (χ0) is 18.9. The number of nitrogens with one attached hydrogen (secondary N) is 1. The number of rotatable bonds is 4. The molecule has 2 aliphatic heterocycles. The van der Waals surface area contributed by atoms with Crippen molar-refractivity contribution in [3.63, 3.8) is 0 Å². The number of piperidine rings is 1. The van der Waals surface area contributed by atoms with Crippen LogP contribution in [0.2, 0.25) is 0 Å². The van der Waals surface area contributed by atoms with Gasteiger partial charge in [0.15, 0.2) is 5.82 Å². The molecule has 0 spiro atoms. The Bertz CT molecular complexity index is 868. The van der Waals surface area contributed by atoms with E-state index in [0.717, 1.165) is 19.6 Å². The monoisotopic (exact) mass is 427 g/mol. The maximum Gasteiger partial charge on any atom is 0.243 e. The van der Waals surface area contributed by atoms with E-state index < -0.39 is 10.0 Å². The predicted molar refractivity (Wildman–Crippen MR) is 107 cm³/mol. The summed E-state index contributed by atoms with van der Waals surface area (Å²) in [5.41, 5.74) is 0. The highest BCUT2D eigenvalue weighted by Crippen LogP contribution is 2.30. The van der Waals surface area contributed by atoms with Crippen molar-refractivity contribution in [2.24, 2.45) is 0 Å². The van der Waals surface area contributed by atoms with Gasteiger partial charge in [0.25, 0.3) is 0 Å². The fourth-order valence-electron chi connectivity index (χ4n) is 3.73. The molecule has 1 N–H and O–H groups in total. The van der Waals surface area contributed by atoms with Crippen LogP contribution < -0.4 is 5.32 Å². The minimum atomic E-state index is -3.44. The van der Waals surface area contributed by atoms with Gasteiger partial charge in [-0.15, -0.1) is 12.4 Å². The normalized spacial score (nSPS) is 22.7. The largest absolute Gasteiger partial charge is 0.339 e. The third-order valence-corrected chi connectivity index (χ3v) is 7.36. The highest BCUT2D eigenvalue weighted by Gasteiger charge is 2.33. The third kappa shape index (κ3) is 4.23. The first-order valence-electron chi connectivity index (χ1n) is 9.35. The fourth-order valence-corrected chi connectivity index (χ4v) is 5.22. The molecule has 0 amide bonds. The standard InChI is InChI=1S/C18H25N5O3S.ClH/c1-22-12-9-19-13-16(22)17-20-18(26-21-17)14-7-10-23(11-8-14)27(24,25)15-5-3-2-4-6-15;/h2-6,14,16,19H,7-13H2,1H3;1H. The number of hydrogen-bond donors (Lipinski definition) is 1. The van der Waals surface area contributed by atoms with Crippen molar-refractivity contribution >= 4 is 22.4 Å². The summed E-state index contributed by atoms with van der Waals surface area (Å²) in [5, 5.41) is 7.54. The molecule has 28 heavy (non-hydrogen) atoms. The predicted octanol–water partition coefficient (Wildman–Crippen LogP) is 1.64. The molecule has 154 valence electrons. The van der Waals surface area contributed by atoms with Crippen LogP contribution in [0.4, 0.5) is 0 Å². The van der Waals surface area contributed by atoms with E-state index in [4.69, 9.17) is 4.52 Å². The van der Waals surface area contributed by atoms with Crippen molar-refractivity contribution in [2.75, 3.05) is 39.8 Å². The maximum absolute atomic E-state index is 12.7. The van der Waals surface area contributed by atoms with E-state index in [1.54, 1.807) is 28.6 Å². The topological polar surface area (TPSA) is 91.6 Å². The van der Waals surface area contributed by atoms with Crippen molar-refractivity contribution in [2.45, 2.75) is 29.7 Å². The molecule has 0 saturated carbocycles. The van der Waals surface area contributed by atoms with Gasteiger partial charge in [0.2, 0.25) is 15.9 Å². The molecule has 1 unspecified atom stereocenters. The quantitative estimate of drug-likeness (QED) is 0.792. The lowest BCUT2D eigenvalue weighted by Crippen LogP contribution is -2.44. The molecular formula is C18H26ClN5O3S. The van der Waals surface area contributed by atoms with E-state index in [0.29, 0.717) is 42.5 Å². The SMILES string of the molecule is CN1CCNCC1c1noc(C2CCN(S(=O)(=O)c3ccccc3)CC2)n1.Cl. The molecule has 10 heteroatoms. The molecule has 0 radical (unpaired) electrons. The highest BCUT2D eigenvalue weighted by atomic mass is 35.5. The van der Waals surface area contributed by atoms with Gasteiger partial charge in [-0.1, -0.05) is 23.4 Å². The number of halogens is 1. The molecular weight excluding hydrogens is 402 g/mol. The Balaban J connectivity index is 0.00000225. The van der Waals surface area contributed by atoms with Gasteiger partial charge in [0.1, 0.15) is 0 Å². The van der Waals surface area contributed by atoms with Gasteiger partial charge >= 0.3 is 0 Å². The van der Waals surface area contributed by atoms with E-state index in [1.165, 1.54) is 0 Å². The van der Waals surface area contributed by atoms with Crippen LogP contribution in [0.15, 0.2) is 39.8 Å². The van der Waals surface area contributed by atoms with Gasteiger partial charge in [-0.3, -0.25) is 4.90 Å². The van der Waals surface area contributed by atoms with Crippen LogP contribution in [0.25, 0.3) is 0 Å². The van der Waals surface area contributed by atoms with Crippen molar-refractivity contribution in [1.82, 2.24) is 24.7 Å².